The summed E-state index contributed by atoms with van der Waals surface area (Å²) in [5.74, 6) is 1.08. The fraction of sp³-hybridized carbons (Fsp3) is 0.312. The van der Waals surface area contributed by atoms with Gasteiger partial charge < -0.3 is 5.32 Å². The molecule has 114 valence electrons. The number of hydrogen-bond donors (Lipinski definition) is 1. The summed E-state index contributed by atoms with van der Waals surface area (Å²) in [6, 6.07) is 14.0. The molecule has 0 bridgehead atoms. The van der Waals surface area contributed by atoms with Crippen molar-refractivity contribution in [1.82, 2.24) is 14.8 Å². The highest BCUT2D eigenvalue weighted by Crippen LogP contribution is 2.13. The minimum Gasteiger partial charge on any atom is -0.307 e. The van der Waals surface area contributed by atoms with E-state index in [0.717, 1.165) is 35.0 Å². The van der Waals surface area contributed by atoms with Gasteiger partial charge in [-0.3, -0.25) is 4.48 Å². The van der Waals surface area contributed by atoms with E-state index in [1.165, 1.54) is 5.56 Å². The van der Waals surface area contributed by atoms with Gasteiger partial charge in [0.05, 0.1) is 20.6 Å². The lowest BCUT2D eigenvalue weighted by atomic mass is 10.2. The van der Waals surface area contributed by atoms with E-state index >= 15 is 0 Å². The molecular weight excluding hydrogens is 305 g/mol. The molecule has 5 heteroatoms. The Morgan fingerprint density at radius 2 is 1.81 bits per heavy atom. The average Bonchev–Trinajstić information content (AvgIpc) is 2.46. The van der Waals surface area contributed by atoms with Gasteiger partial charge in [0.2, 0.25) is 5.82 Å². The van der Waals surface area contributed by atoms with Crippen molar-refractivity contribution >= 4 is 29.8 Å². The third-order valence-electron chi connectivity index (χ3n) is 3.36. The van der Waals surface area contributed by atoms with Crippen LogP contribution in [-0.2, 0) is 6.54 Å². The molecule has 0 atom stereocenters. The molecule has 1 aromatic heterocycles. The molecule has 2 rings (SSSR count). The van der Waals surface area contributed by atoms with Crippen LogP contribution in [0.25, 0.3) is 0 Å². The first-order valence-electron chi connectivity index (χ1n) is 6.78. The third kappa shape index (κ3) is 5.64. The number of rotatable bonds is 6. The Balaban J connectivity index is 0.00000220. The molecule has 0 aliphatic carbocycles. The van der Waals surface area contributed by atoms with Crippen molar-refractivity contribution in [2.45, 2.75) is 6.54 Å². The summed E-state index contributed by atoms with van der Waals surface area (Å²) in [7, 11) is 4.35. The molecule has 0 fully saturated rings. The van der Waals surface area contributed by atoms with Gasteiger partial charge >= 0.3 is 0 Å². The normalized spacial score (nSPS) is 11.0. The molecule has 0 unspecified atom stereocenters. The Morgan fingerprint density at radius 3 is 2.43 bits per heavy atom. The predicted molar refractivity (Wildman–Crippen MR) is 93.2 cm³/mol. The monoisotopic (exact) mass is 326 g/mol. The Hall–Kier alpha value is -1.13. The molecule has 0 radical (unpaired) electrons. The van der Waals surface area contributed by atoms with Crippen LogP contribution in [0.4, 0.5) is 5.82 Å². The fourth-order valence-corrected chi connectivity index (χ4v) is 2.15. The van der Waals surface area contributed by atoms with Gasteiger partial charge in [-0.1, -0.05) is 29.8 Å². The van der Waals surface area contributed by atoms with Crippen molar-refractivity contribution < 1.29 is 0 Å². The summed E-state index contributed by atoms with van der Waals surface area (Å²) in [6.07, 6.45) is 1.84. The van der Waals surface area contributed by atoms with Gasteiger partial charge in [0.25, 0.3) is 0 Å². The number of hydrogen-bond acceptors (Lipinski definition) is 2. The Kier molecular flexibility index (Phi) is 7.12. The van der Waals surface area contributed by atoms with Gasteiger partial charge in [-0.15, -0.1) is 12.4 Å². The lowest BCUT2D eigenvalue weighted by Gasteiger charge is -2.27. The molecule has 0 amide bonds. The number of quaternary nitrogens is 1. The van der Waals surface area contributed by atoms with E-state index in [9.17, 15) is 0 Å². The highest BCUT2D eigenvalue weighted by molar-refractivity contribution is 6.30. The maximum atomic E-state index is 5.87. The van der Waals surface area contributed by atoms with Gasteiger partial charge in [-0.05, 0) is 23.8 Å². The lowest BCUT2D eigenvalue weighted by molar-refractivity contribution is 0.381. The second-order valence-corrected chi connectivity index (χ2v) is 5.84. The summed E-state index contributed by atoms with van der Waals surface area (Å²) < 4.78 is 0.772. The Bertz CT molecular complexity index is 527. The molecule has 1 heterocycles. The first-order valence-corrected chi connectivity index (χ1v) is 7.15. The van der Waals surface area contributed by atoms with Crippen LogP contribution in [0.3, 0.4) is 0 Å². The predicted octanol–water partition coefficient (Wildman–Crippen LogP) is 3.51. The number of aromatic nitrogens is 1. The van der Waals surface area contributed by atoms with E-state index in [2.05, 4.69) is 30.5 Å². The number of pyridine rings is 1. The molecule has 2 aromatic rings. The molecule has 0 saturated heterocycles. The van der Waals surface area contributed by atoms with E-state index in [0.29, 0.717) is 0 Å². The summed E-state index contributed by atoms with van der Waals surface area (Å²) in [5, 5.41) is 4.24. The molecule has 1 aromatic carbocycles. The zero-order valence-corrected chi connectivity index (χ0v) is 14.0. The molecule has 0 saturated carbocycles. The second kappa shape index (κ2) is 8.35. The second-order valence-electron chi connectivity index (χ2n) is 5.40. The van der Waals surface area contributed by atoms with Gasteiger partial charge in [0.1, 0.15) is 0 Å². The summed E-state index contributed by atoms with van der Waals surface area (Å²) in [4.78, 5) is 4.43. The third-order valence-corrected chi connectivity index (χ3v) is 3.61. The molecule has 0 aliphatic rings. The highest BCUT2D eigenvalue weighted by atomic mass is 35.5. The van der Waals surface area contributed by atoms with Crippen LogP contribution in [0.1, 0.15) is 5.56 Å². The van der Waals surface area contributed by atoms with Crippen molar-refractivity contribution in [3.63, 3.8) is 0 Å². The number of benzene rings is 1. The highest BCUT2D eigenvalue weighted by Gasteiger charge is 2.19. The topological polar surface area (TPSA) is 24.9 Å². The van der Waals surface area contributed by atoms with Gasteiger partial charge in [-0.2, -0.15) is 0 Å². The van der Waals surface area contributed by atoms with E-state index in [1.54, 1.807) is 0 Å². The number of halogens is 2. The van der Waals surface area contributed by atoms with Crippen LogP contribution in [0, 0.1) is 0 Å². The maximum absolute atomic E-state index is 5.87. The first kappa shape index (κ1) is 17.9. The molecular formula is C16H22Cl2N3+. The van der Waals surface area contributed by atoms with Crippen molar-refractivity contribution in [2.75, 3.05) is 27.2 Å². The van der Waals surface area contributed by atoms with Crippen LogP contribution >= 0.6 is 24.0 Å². The fourth-order valence-electron chi connectivity index (χ4n) is 2.02. The summed E-state index contributed by atoms with van der Waals surface area (Å²) in [5.41, 5.74) is 1.25. The Morgan fingerprint density at radius 1 is 1.10 bits per heavy atom. The standard InChI is InChI=1S/C16H21ClN3.ClH/c1-20(2,16-5-3-4-10-19-16)12-11-18-13-14-6-8-15(17)9-7-14;/h3-10,18H,11-13H2,1-2H3;1H/q+1;. The summed E-state index contributed by atoms with van der Waals surface area (Å²) in [6.45, 7) is 2.79. The van der Waals surface area contributed by atoms with Crippen LogP contribution in [-0.4, -0.2) is 32.2 Å². The molecule has 0 aliphatic heterocycles. The zero-order chi connectivity index (χ0) is 14.4. The van der Waals surface area contributed by atoms with Crippen molar-refractivity contribution in [3.05, 3.63) is 59.2 Å². The van der Waals surface area contributed by atoms with Crippen molar-refractivity contribution in [3.8, 4) is 0 Å². The van der Waals surface area contributed by atoms with Crippen molar-refractivity contribution in [1.29, 1.82) is 0 Å². The minimum atomic E-state index is 0. The number of likely N-dealkylation sites (N-methyl/N-ethyl adjacent to an activating group) is 1. The van der Waals surface area contributed by atoms with Gasteiger partial charge in [-0.25, -0.2) is 4.98 Å². The van der Waals surface area contributed by atoms with E-state index in [4.69, 9.17) is 11.6 Å². The van der Waals surface area contributed by atoms with Gasteiger partial charge in [0.15, 0.2) is 0 Å². The largest absolute Gasteiger partial charge is 0.307 e. The smallest absolute Gasteiger partial charge is 0.227 e. The average molecular weight is 327 g/mol. The van der Waals surface area contributed by atoms with Gasteiger partial charge in [0, 0.05) is 30.4 Å². The minimum absolute atomic E-state index is 0. The molecule has 1 N–H and O–H groups in total. The Labute approximate surface area is 138 Å². The summed E-state index contributed by atoms with van der Waals surface area (Å²) >= 11 is 5.87. The first-order chi connectivity index (χ1) is 9.58. The van der Waals surface area contributed by atoms with E-state index in [-0.39, 0.29) is 12.4 Å². The van der Waals surface area contributed by atoms with Crippen LogP contribution in [0.15, 0.2) is 48.7 Å². The van der Waals surface area contributed by atoms with Crippen LogP contribution in [0.5, 0.6) is 0 Å². The van der Waals surface area contributed by atoms with Crippen LogP contribution in [0.2, 0.25) is 5.02 Å². The lowest BCUT2D eigenvalue weighted by Crippen LogP contribution is -2.45. The molecule has 3 nitrogen and oxygen atoms in total. The SMILES string of the molecule is C[N+](C)(CCNCc1ccc(Cl)cc1)c1ccccn1.Cl. The molecule has 21 heavy (non-hydrogen) atoms. The quantitative estimate of drug-likeness (QED) is 0.649. The maximum Gasteiger partial charge on any atom is 0.227 e. The number of nitrogens with zero attached hydrogens (tertiary/aromatic N) is 2. The number of nitrogens with one attached hydrogen (secondary N) is 1. The van der Waals surface area contributed by atoms with Crippen molar-refractivity contribution in [2.24, 2.45) is 0 Å². The molecule has 0 spiro atoms. The van der Waals surface area contributed by atoms with E-state index < -0.39 is 0 Å². The zero-order valence-electron chi connectivity index (χ0n) is 12.4. The van der Waals surface area contributed by atoms with E-state index in [1.807, 2.05) is 42.6 Å². The van der Waals surface area contributed by atoms with Crippen LogP contribution < -0.4 is 9.80 Å².